The molecule has 0 amide bonds. The van der Waals surface area contributed by atoms with Gasteiger partial charge in [-0.15, -0.1) is 0 Å². The lowest BCUT2D eigenvalue weighted by molar-refractivity contribution is 0.0575. The largest absolute Gasteiger partial charge is 0.491 e. The van der Waals surface area contributed by atoms with Crippen LogP contribution in [0.15, 0.2) is 43.0 Å². The number of aliphatic hydroxyl groups is 1. The fraction of sp³-hybridized carbons (Fsp3) is 0.423. The third-order valence-corrected chi connectivity index (χ3v) is 6.21. The van der Waals surface area contributed by atoms with Crippen molar-refractivity contribution < 1.29 is 9.84 Å². The number of imidazole rings is 1. The fourth-order valence-corrected chi connectivity index (χ4v) is 4.12. The zero-order chi connectivity index (χ0) is 24.5. The van der Waals surface area contributed by atoms with Gasteiger partial charge in [-0.3, -0.25) is 9.67 Å². The van der Waals surface area contributed by atoms with Crippen molar-refractivity contribution >= 4 is 5.65 Å². The number of aryl methyl sites for hydroxylation is 1. The lowest BCUT2D eigenvalue weighted by Crippen LogP contribution is -2.20. The normalized spacial score (nSPS) is 12.9. The minimum Gasteiger partial charge on any atom is -0.491 e. The van der Waals surface area contributed by atoms with Gasteiger partial charge >= 0.3 is 0 Å². The van der Waals surface area contributed by atoms with E-state index in [9.17, 15) is 5.11 Å². The maximum atomic E-state index is 10.9. The van der Waals surface area contributed by atoms with Crippen molar-refractivity contribution in [1.82, 2.24) is 29.5 Å². The molecule has 4 heterocycles. The highest BCUT2D eigenvalue weighted by Gasteiger charge is 2.29. The summed E-state index contributed by atoms with van der Waals surface area (Å²) in [6, 6.07) is 6.03. The van der Waals surface area contributed by atoms with E-state index in [1.165, 1.54) is 0 Å². The van der Waals surface area contributed by atoms with Gasteiger partial charge in [0.15, 0.2) is 0 Å². The van der Waals surface area contributed by atoms with E-state index < -0.39 is 6.10 Å². The fourth-order valence-electron chi connectivity index (χ4n) is 4.12. The van der Waals surface area contributed by atoms with Crippen molar-refractivity contribution in [1.29, 1.82) is 0 Å². The predicted molar refractivity (Wildman–Crippen MR) is 133 cm³/mol. The van der Waals surface area contributed by atoms with Crippen LogP contribution in [0.5, 0.6) is 5.75 Å². The molecule has 0 saturated carbocycles. The molecule has 1 unspecified atom stereocenters. The molecule has 4 rings (SSSR count). The molecule has 4 aromatic heterocycles. The zero-order valence-corrected chi connectivity index (χ0v) is 20.8. The van der Waals surface area contributed by atoms with Crippen LogP contribution < -0.4 is 10.1 Å². The van der Waals surface area contributed by atoms with Gasteiger partial charge in [-0.2, -0.15) is 5.10 Å². The highest BCUT2D eigenvalue weighted by atomic mass is 16.5. The van der Waals surface area contributed by atoms with E-state index in [1.54, 1.807) is 12.4 Å². The molecule has 1 atom stereocenters. The summed E-state index contributed by atoms with van der Waals surface area (Å²) in [7, 11) is 3.83. The van der Waals surface area contributed by atoms with Crippen LogP contribution >= 0.6 is 0 Å². The van der Waals surface area contributed by atoms with Crippen molar-refractivity contribution in [3.63, 3.8) is 0 Å². The lowest BCUT2D eigenvalue weighted by atomic mass is 9.85. The van der Waals surface area contributed by atoms with Crippen LogP contribution in [-0.4, -0.2) is 42.9 Å². The topological polar surface area (TPSA) is 89.5 Å². The number of nitrogens with zero attached hydrogens (tertiary/aromatic N) is 5. The van der Waals surface area contributed by atoms with Crippen LogP contribution in [0.4, 0.5) is 0 Å². The molecule has 0 aromatic carbocycles. The second kappa shape index (κ2) is 9.56. The molecule has 180 valence electrons. The van der Waals surface area contributed by atoms with Crippen molar-refractivity contribution in [2.45, 2.75) is 46.8 Å². The van der Waals surface area contributed by atoms with E-state index in [-0.39, 0.29) is 5.41 Å². The molecule has 0 aliphatic heterocycles. The number of aliphatic hydroxyl groups excluding tert-OH is 1. The minimum absolute atomic E-state index is 0.301. The Kier molecular flexibility index (Phi) is 6.72. The Hall–Kier alpha value is -3.23. The summed E-state index contributed by atoms with van der Waals surface area (Å²) < 4.78 is 10.2. The Morgan fingerprint density at radius 2 is 1.97 bits per heavy atom. The molecular formula is C26H34N6O2. The number of nitrogens with one attached hydrogen (secondary N) is 1. The number of hydrogen-bond acceptors (Lipinski definition) is 6. The van der Waals surface area contributed by atoms with Crippen molar-refractivity contribution in [2.24, 2.45) is 12.5 Å². The smallest absolute Gasteiger partial charge is 0.145 e. The first kappa shape index (κ1) is 23.9. The van der Waals surface area contributed by atoms with E-state index in [0.717, 1.165) is 51.7 Å². The molecule has 34 heavy (non-hydrogen) atoms. The van der Waals surface area contributed by atoms with Gasteiger partial charge in [0.2, 0.25) is 0 Å². The van der Waals surface area contributed by atoms with Gasteiger partial charge in [-0.05, 0) is 37.6 Å². The summed E-state index contributed by atoms with van der Waals surface area (Å²) in [6.45, 7) is 9.26. The summed E-state index contributed by atoms with van der Waals surface area (Å²) in [6.07, 6.45) is 7.49. The monoisotopic (exact) mass is 462 g/mol. The van der Waals surface area contributed by atoms with Crippen LogP contribution in [0.2, 0.25) is 0 Å². The van der Waals surface area contributed by atoms with Gasteiger partial charge in [0, 0.05) is 54.8 Å². The van der Waals surface area contributed by atoms with Crippen molar-refractivity contribution in [2.75, 3.05) is 13.7 Å². The van der Waals surface area contributed by atoms with E-state index in [0.29, 0.717) is 13.0 Å². The SMILES string of the molecule is CNCc1cnc2ccc(-c3ccncc3OCCc3c(C(O)C(C)(C)C)nn(C)c3C)cn12. The molecule has 0 radical (unpaired) electrons. The summed E-state index contributed by atoms with van der Waals surface area (Å²) in [5, 5.41) is 18.7. The first-order valence-corrected chi connectivity index (χ1v) is 11.6. The molecule has 0 bridgehead atoms. The average Bonchev–Trinajstić information content (AvgIpc) is 3.34. The van der Waals surface area contributed by atoms with Crippen LogP contribution in [0, 0.1) is 12.3 Å². The highest BCUT2D eigenvalue weighted by Crippen LogP contribution is 2.35. The van der Waals surface area contributed by atoms with E-state index in [1.807, 2.05) is 64.8 Å². The Morgan fingerprint density at radius 3 is 2.71 bits per heavy atom. The summed E-state index contributed by atoms with van der Waals surface area (Å²) in [5.74, 6) is 0.719. The molecule has 0 aliphatic carbocycles. The number of aromatic nitrogens is 5. The van der Waals surface area contributed by atoms with Gasteiger partial charge in [-0.25, -0.2) is 4.98 Å². The van der Waals surface area contributed by atoms with Crippen LogP contribution in [0.25, 0.3) is 16.8 Å². The molecule has 8 nitrogen and oxygen atoms in total. The summed E-state index contributed by atoms with van der Waals surface area (Å²) in [5.41, 5.74) is 6.49. The van der Waals surface area contributed by atoms with Gasteiger partial charge < -0.3 is 19.6 Å². The third kappa shape index (κ3) is 4.69. The number of hydrogen-bond donors (Lipinski definition) is 2. The number of ether oxygens (including phenoxy) is 1. The van der Waals surface area contributed by atoms with Gasteiger partial charge in [-0.1, -0.05) is 20.8 Å². The first-order chi connectivity index (χ1) is 16.2. The third-order valence-electron chi connectivity index (χ3n) is 6.21. The maximum Gasteiger partial charge on any atom is 0.145 e. The highest BCUT2D eigenvalue weighted by molar-refractivity contribution is 5.70. The lowest BCUT2D eigenvalue weighted by Gasteiger charge is -2.25. The molecule has 4 aromatic rings. The Bertz CT molecular complexity index is 1280. The number of pyridine rings is 2. The summed E-state index contributed by atoms with van der Waals surface area (Å²) >= 11 is 0. The maximum absolute atomic E-state index is 10.9. The Morgan fingerprint density at radius 1 is 1.18 bits per heavy atom. The molecule has 0 saturated heterocycles. The molecule has 0 fully saturated rings. The first-order valence-electron chi connectivity index (χ1n) is 11.6. The number of rotatable bonds is 8. The predicted octanol–water partition coefficient (Wildman–Crippen LogP) is 3.86. The number of fused-ring (bicyclic) bond motifs is 1. The molecule has 0 aliphatic rings. The second-order valence-corrected chi connectivity index (χ2v) is 9.74. The molecule has 2 N–H and O–H groups in total. The van der Waals surface area contributed by atoms with E-state index >= 15 is 0 Å². The van der Waals surface area contributed by atoms with Crippen LogP contribution in [0.1, 0.15) is 49.5 Å². The molecular weight excluding hydrogens is 428 g/mol. The molecule has 0 spiro atoms. The van der Waals surface area contributed by atoms with Crippen molar-refractivity contribution in [3.05, 3.63) is 65.6 Å². The van der Waals surface area contributed by atoms with Crippen LogP contribution in [-0.2, 0) is 20.0 Å². The van der Waals surface area contributed by atoms with Crippen LogP contribution in [0.3, 0.4) is 0 Å². The van der Waals surface area contributed by atoms with Gasteiger partial charge in [0.1, 0.15) is 17.5 Å². The van der Waals surface area contributed by atoms with Gasteiger partial charge in [0.05, 0.1) is 30.4 Å². The van der Waals surface area contributed by atoms with E-state index in [2.05, 4.69) is 37.0 Å². The summed E-state index contributed by atoms with van der Waals surface area (Å²) in [4.78, 5) is 8.76. The molecule has 8 heteroatoms. The Labute approximate surface area is 200 Å². The zero-order valence-electron chi connectivity index (χ0n) is 20.8. The average molecular weight is 463 g/mol. The Balaban J connectivity index is 1.57. The quantitative estimate of drug-likeness (QED) is 0.413. The minimum atomic E-state index is -0.648. The standard InChI is InChI=1S/C26H34N6O2/c1-17-20(24(30-31(17)6)25(33)26(2,3)4)10-12-34-22-15-28-11-9-21(22)18-7-8-23-29-14-19(13-27-5)32(23)16-18/h7-9,11,14-16,25,27,33H,10,12-13H2,1-6H3. The van der Waals surface area contributed by atoms with E-state index in [4.69, 9.17) is 4.74 Å². The second-order valence-electron chi connectivity index (χ2n) is 9.74. The van der Waals surface area contributed by atoms with Gasteiger partial charge in [0.25, 0.3) is 0 Å². The van der Waals surface area contributed by atoms with Crippen molar-refractivity contribution in [3.8, 4) is 16.9 Å².